The van der Waals surface area contributed by atoms with Crippen molar-refractivity contribution in [2.24, 2.45) is 0 Å². The zero-order chi connectivity index (χ0) is 22.1. The second kappa shape index (κ2) is 11.7. The molecule has 0 aromatic heterocycles. The SMILES string of the molecule is CCCCNC(=O)c1ccc(NC(=S)NC(=O)c2cc(Br)ccc2OC(C)C)cc1. The first-order chi connectivity index (χ1) is 14.3. The Hall–Kier alpha value is -2.45. The zero-order valence-corrected chi connectivity index (χ0v) is 19.7. The fraction of sp³-hybridized carbons (Fsp3) is 0.318. The van der Waals surface area contributed by atoms with E-state index < -0.39 is 0 Å². The van der Waals surface area contributed by atoms with Crippen LogP contribution in [-0.2, 0) is 0 Å². The Labute approximate surface area is 190 Å². The molecule has 0 aliphatic heterocycles. The number of unbranched alkanes of at least 4 members (excludes halogenated alkanes) is 1. The third-order valence-corrected chi connectivity index (χ3v) is 4.69. The number of carbonyl (C=O) groups excluding carboxylic acids is 2. The van der Waals surface area contributed by atoms with Crippen LogP contribution in [0.25, 0.3) is 0 Å². The number of halogens is 1. The van der Waals surface area contributed by atoms with Crippen molar-refractivity contribution < 1.29 is 14.3 Å². The van der Waals surface area contributed by atoms with Gasteiger partial charge in [-0.15, -0.1) is 0 Å². The van der Waals surface area contributed by atoms with Gasteiger partial charge in [0.15, 0.2) is 5.11 Å². The van der Waals surface area contributed by atoms with Gasteiger partial charge in [-0.2, -0.15) is 0 Å². The number of thiocarbonyl (C=S) groups is 1. The van der Waals surface area contributed by atoms with Gasteiger partial charge in [0.05, 0.1) is 11.7 Å². The van der Waals surface area contributed by atoms with E-state index in [0.29, 0.717) is 29.1 Å². The summed E-state index contributed by atoms with van der Waals surface area (Å²) in [4.78, 5) is 24.7. The van der Waals surface area contributed by atoms with Crippen molar-refractivity contribution in [1.82, 2.24) is 10.6 Å². The van der Waals surface area contributed by atoms with Gasteiger partial charge in [-0.1, -0.05) is 29.3 Å². The first kappa shape index (κ1) is 23.8. The number of carbonyl (C=O) groups is 2. The van der Waals surface area contributed by atoms with E-state index in [1.165, 1.54) is 0 Å². The smallest absolute Gasteiger partial charge is 0.261 e. The van der Waals surface area contributed by atoms with Crippen LogP contribution in [0.2, 0.25) is 0 Å². The van der Waals surface area contributed by atoms with Gasteiger partial charge in [0.2, 0.25) is 0 Å². The quantitative estimate of drug-likeness (QED) is 0.361. The highest BCUT2D eigenvalue weighted by atomic mass is 79.9. The van der Waals surface area contributed by atoms with Crippen LogP contribution in [0, 0.1) is 0 Å². The van der Waals surface area contributed by atoms with Gasteiger partial charge in [-0.3, -0.25) is 14.9 Å². The second-order valence-corrected chi connectivity index (χ2v) is 8.23. The maximum Gasteiger partial charge on any atom is 0.261 e. The Bertz CT molecular complexity index is 901. The molecule has 0 atom stereocenters. The van der Waals surface area contributed by atoms with Crippen molar-refractivity contribution >= 4 is 50.8 Å². The molecule has 0 radical (unpaired) electrons. The third-order valence-electron chi connectivity index (χ3n) is 4.00. The molecule has 160 valence electrons. The van der Waals surface area contributed by atoms with Crippen LogP contribution in [0.15, 0.2) is 46.9 Å². The second-order valence-electron chi connectivity index (χ2n) is 6.90. The number of hydrogen-bond acceptors (Lipinski definition) is 4. The molecular formula is C22H26BrN3O3S. The molecule has 0 unspecified atom stereocenters. The molecule has 2 amide bonds. The van der Waals surface area contributed by atoms with Crippen LogP contribution >= 0.6 is 28.1 Å². The summed E-state index contributed by atoms with van der Waals surface area (Å²) in [6.07, 6.45) is 1.90. The van der Waals surface area contributed by atoms with Crippen molar-refractivity contribution in [3.05, 3.63) is 58.1 Å². The molecule has 0 aliphatic rings. The van der Waals surface area contributed by atoms with Crippen LogP contribution < -0.4 is 20.7 Å². The first-order valence-corrected chi connectivity index (χ1v) is 11.0. The molecule has 6 nitrogen and oxygen atoms in total. The van der Waals surface area contributed by atoms with E-state index in [1.54, 1.807) is 36.4 Å². The molecular weight excluding hydrogens is 466 g/mol. The maximum absolute atomic E-state index is 12.7. The Morgan fingerprint density at radius 3 is 2.43 bits per heavy atom. The summed E-state index contributed by atoms with van der Waals surface area (Å²) in [6, 6.07) is 12.1. The lowest BCUT2D eigenvalue weighted by Gasteiger charge is -2.15. The molecule has 8 heteroatoms. The van der Waals surface area contributed by atoms with Crippen molar-refractivity contribution in [1.29, 1.82) is 0 Å². The molecule has 3 N–H and O–H groups in total. The predicted molar refractivity (Wildman–Crippen MR) is 127 cm³/mol. The lowest BCUT2D eigenvalue weighted by atomic mass is 10.2. The number of nitrogens with one attached hydrogen (secondary N) is 3. The van der Waals surface area contributed by atoms with E-state index in [9.17, 15) is 9.59 Å². The van der Waals surface area contributed by atoms with E-state index in [0.717, 1.165) is 17.3 Å². The number of benzene rings is 2. The number of ether oxygens (including phenoxy) is 1. The predicted octanol–water partition coefficient (Wildman–Crippen LogP) is 4.89. The Morgan fingerprint density at radius 1 is 1.10 bits per heavy atom. The van der Waals surface area contributed by atoms with Crippen molar-refractivity contribution in [2.45, 2.75) is 39.7 Å². The van der Waals surface area contributed by atoms with Crippen LogP contribution in [0.4, 0.5) is 5.69 Å². The first-order valence-electron chi connectivity index (χ1n) is 9.77. The van der Waals surface area contributed by atoms with E-state index in [2.05, 4.69) is 38.8 Å². The molecule has 2 aromatic rings. The Balaban J connectivity index is 1.98. The van der Waals surface area contributed by atoms with Crippen molar-refractivity contribution in [3.8, 4) is 5.75 Å². The largest absolute Gasteiger partial charge is 0.490 e. The fourth-order valence-corrected chi connectivity index (χ4v) is 3.13. The molecule has 0 saturated carbocycles. The highest BCUT2D eigenvalue weighted by Crippen LogP contribution is 2.24. The monoisotopic (exact) mass is 491 g/mol. The lowest BCUT2D eigenvalue weighted by Crippen LogP contribution is -2.34. The average molecular weight is 492 g/mol. The van der Waals surface area contributed by atoms with E-state index >= 15 is 0 Å². The summed E-state index contributed by atoms with van der Waals surface area (Å²) in [7, 11) is 0. The van der Waals surface area contributed by atoms with Crippen molar-refractivity contribution in [2.75, 3.05) is 11.9 Å². The normalized spacial score (nSPS) is 10.4. The molecule has 0 fully saturated rings. The summed E-state index contributed by atoms with van der Waals surface area (Å²) < 4.78 is 6.47. The van der Waals surface area contributed by atoms with E-state index in [1.807, 2.05) is 19.9 Å². The highest BCUT2D eigenvalue weighted by molar-refractivity contribution is 9.10. The number of anilines is 1. The van der Waals surface area contributed by atoms with Crippen molar-refractivity contribution in [3.63, 3.8) is 0 Å². The molecule has 30 heavy (non-hydrogen) atoms. The fourth-order valence-electron chi connectivity index (χ4n) is 2.55. The van der Waals surface area contributed by atoms with Gasteiger partial charge in [-0.25, -0.2) is 0 Å². The summed E-state index contributed by atoms with van der Waals surface area (Å²) in [6.45, 7) is 6.51. The standard InChI is InChI=1S/C22H26BrN3O3S/c1-4-5-12-24-20(27)15-6-9-17(10-7-15)25-22(30)26-21(28)18-13-16(23)8-11-19(18)29-14(2)3/h6-11,13-14H,4-5,12H2,1-3H3,(H,24,27)(H2,25,26,28,30). The summed E-state index contributed by atoms with van der Waals surface area (Å²) in [5, 5.41) is 8.63. The zero-order valence-electron chi connectivity index (χ0n) is 17.3. The molecule has 0 bridgehead atoms. The third kappa shape index (κ3) is 7.42. The molecule has 0 saturated heterocycles. The number of amides is 2. The van der Waals surface area contributed by atoms with E-state index in [4.69, 9.17) is 17.0 Å². The molecule has 0 aliphatic carbocycles. The van der Waals surface area contributed by atoms with Gasteiger partial charge in [0, 0.05) is 22.3 Å². The minimum absolute atomic E-state index is 0.0690. The number of rotatable bonds is 8. The topological polar surface area (TPSA) is 79.5 Å². The van der Waals surface area contributed by atoms with Crippen LogP contribution in [0.5, 0.6) is 5.75 Å². The Morgan fingerprint density at radius 2 is 1.80 bits per heavy atom. The van der Waals surface area contributed by atoms with Gasteiger partial charge in [0.25, 0.3) is 11.8 Å². The van der Waals surface area contributed by atoms with Gasteiger partial charge in [-0.05, 0) is 75.0 Å². The maximum atomic E-state index is 12.7. The minimum Gasteiger partial charge on any atom is -0.490 e. The highest BCUT2D eigenvalue weighted by Gasteiger charge is 2.16. The summed E-state index contributed by atoms with van der Waals surface area (Å²) in [5.41, 5.74) is 1.61. The molecule has 0 spiro atoms. The molecule has 2 rings (SSSR count). The Kier molecular flexibility index (Phi) is 9.26. The van der Waals surface area contributed by atoms with Crippen LogP contribution in [0.3, 0.4) is 0 Å². The molecule has 2 aromatic carbocycles. The van der Waals surface area contributed by atoms with Gasteiger partial charge < -0.3 is 15.4 Å². The lowest BCUT2D eigenvalue weighted by molar-refractivity contribution is 0.0950. The average Bonchev–Trinajstić information content (AvgIpc) is 2.69. The van der Waals surface area contributed by atoms with Gasteiger partial charge in [0.1, 0.15) is 5.75 Å². The van der Waals surface area contributed by atoms with E-state index in [-0.39, 0.29) is 23.0 Å². The summed E-state index contributed by atoms with van der Waals surface area (Å²) in [5.74, 6) is -0.0125. The van der Waals surface area contributed by atoms with Crippen LogP contribution in [-0.4, -0.2) is 29.6 Å². The summed E-state index contributed by atoms with van der Waals surface area (Å²) >= 11 is 8.63. The molecule has 0 heterocycles. The number of hydrogen-bond donors (Lipinski definition) is 3. The van der Waals surface area contributed by atoms with Gasteiger partial charge >= 0.3 is 0 Å². The van der Waals surface area contributed by atoms with Crippen LogP contribution in [0.1, 0.15) is 54.3 Å². The minimum atomic E-state index is -0.378.